The summed E-state index contributed by atoms with van der Waals surface area (Å²) in [5.41, 5.74) is 0.568. The van der Waals surface area contributed by atoms with Crippen molar-refractivity contribution in [3.8, 4) is 5.75 Å². The molecule has 0 unspecified atom stereocenters. The molecule has 0 aliphatic rings. The van der Waals surface area contributed by atoms with Gasteiger partial charge in [-0.05, 0) is 69.9 Å². The molecule has 0 saturated heterocycles. The number of halogens is 1. The van der Waals surface area contributed by atoms with E-state index >= 15 is 0 Å². The highest BCUT2D eigenvalue weighted by Gasteiger charge is 2.26. The molecule has 1 aromatic heterocycles. The highest BCUT2D eigenvalue weighted by atomic mass is 127. The minimum atomic E-state index is -4.33. The molecular weight excluding hydrogens is 547 g/mol. The fourth-order valence-corrected chi connectivity index (χ4v) is 7.97. The lowest BCUT2D eigenvalue weighted by Gasteiger charge is -2.05. The van der Waals surface area contributed by atoms with Crippen molar-refractivity contribution < 1.29 is 21.6 Å². The molecule has 0 bridgehead atoms. The molecule has 0 fully saturated rings. The predicted molar refractivity (Wildman–Crippen MR) is 124 cm³/mol. The van der Waals surface area contributed by atoms with Gasteiger partial charge in [0.15, 0.2) is 24.8 Å². The molecule has 0 saturated carbocycles. The molecule has 0 amide bonds. The van der Waals surface area contributed by atoms with Gasteiger partial charge in [0.2, 0.25) is 0 Å². The van der Waals surface area contributed by atoms with Crippen LogP contribution in [0.3, 0.4) is 0 Å². The van der Waals surface area contributed by atoms with E-state index in [1.807, 2.05) is 0 Å². The van der Waals surface area contributed by atoms with E-state index in [0.29, 0.717) is 21.4 Å². The summed E-state index contributed by atoms with van der Waals surface area (Å²) in [5.74, 6) is 0.614. The molecule has 3 rings (SSSR count). The van der Waals surface area contributed by atoms with E-state index in [1.165, 1.54) is 19.3 Å². The molecule has 0 aliphatic carbocycles. The zero-order valence-corrected chi connectivity index (χ0v) is 19.6. The lowest BCUT2D eigenvalue weighted by molar-refractivity contribution is 0.415. The lowest BCUT2D eigenvalue weighted by atomic mass is 10.2. The summed E-state index contributed by atoms with van der Waals surface area (Å²) < 4.78 is 55.9. The molecular formula is C19H15IO6S3. The van der Waals surface area contributed by atoms with E-state index in [-0.39, 0.29) is 0 Å². The van der Waals surface area contributed by atoms with Gasteiger partial charge in [-0.3, -0.25) is 4.79 Å². The van der Waals surface area contributed by atoms with Crippen molar-refractivity contribution in [2.45, 2.75) is 4.90 Å². The molecule has 0 spiro atoms. The number of rotatable bonds is 6. The fraction of sp³-hybridized carbons (Fsp3) is 0.105. The summed E-state index contributed by atoms with van der Waals surface area (Å²) in [7, 11) is -6.93. The summed E-state index contributed by atoms with van der Waals surface area (Å²) >= 11 is 2.88. The van der Waals surface area contributed by atoms with E-state index in [4.69, 9.17) is 4.74 Å². The maximum absolute atomic E-state index is 12.6. The first-order chi connectivity index (χ1) is 13.6. The van der Waals surface area contributed by atoms with Gasteiger partial charge in [-0.25, -0.2) is 16.8 Å². The quantitative estimate of drug-likeness (QED) is 0.426. The zero-order chi connectivity index (χ0) is 21.2. The summed E-state index contributed by atoms with van der Waals surface area (Å²) in [4.78, 5) is 11.8. The number of hydrogen-bond donors (Lipinski definition) is 0. The summed E-state index contributed by atoms with van der Waals surface area (Å²) in [6, 6.07) is 13.1. The van der Waals surface area contributed by atoms with Gasteiger partial charge in [0.25, 0.3) is 4.74 Å². The molecule has 6 nitrogen and oxygen atoms in total. The van der Waals surface area contributed by atoms with Crippen LogP contribution >= 0.6 is 33.9 Å². The van der Waals surface area contributed by atoms with Crippen LogP contribution in [-0.2, 0) is 19.7 Å². The van der Waals surface area contributed by atoms with Gasteiger partial charge in [0.1, 0.15) is 10.6 Å². The third-order valence-electron chi connectivity index (χ3n) is 3.90. The largest absolute Gasteiger partial charge is 0.497 e. The zero-order valence-electron chi connectivity index (χ0n) is 15.0. The Kier molecular flexibility index (Phi) is 6.46. The van der Waals surface area contributed by atoms with E-state index < -0.39 is 34.4 Å². The smallest absolute Gasteiger partial charge is 0.251 e. The highest BCUT2D eigenvalue weighted by Crippen LogP contribution is 2.23. The Morgan fingerprint density at radius 3 is 2.38 bits per heavy atom. The molecule has 2 aromatic carbocycles. The monoisotopic (exact) mass is 562 g/mol. The van der Waals surface area contributed by atoms with Gasteiger partial charge < -0.3 is 4.74 Å². The summed E-state index contributed by atoms with van der Waals surface area (Å²) in [6.45, 7) is 0. The maximum atomic E-state index is 12.6. The van der Waals surface area contributed by atoms with Crippen molar-refractivity contribution in [1.29, 1.82) is 0 Å². The van der Waals surface area contributed by atoms with Crippen LogP contribution in [0.1, 0.15) is 5.56 Å². The Hall–Kier alpha value is -1.76. The Bertz CT molecular complexity index is 1360. The van der Waals surface area contributed by atoms with E-state index in [9.17, 15) is 21.6 Å². The topological polar surface area (TPSA) is 94.6 Å². The van der Waals surface area contributed by atoms with E-state index in [0.717, 1.165) is 20.3 Å². The average molecular weight is 562 g/mol. The molecule has 3 aromatic rings. The van der Waals surface area contributed by atoms with E-state index in [1.54, 1.807) is 42.5 Å². The number of ether oxygens (including phenoxy) is 1. The van der Waals surface area contributed by atoms with Crippen molar-refractivity contribution >= 4 is 69.8 Å². The normalized spacial score (nSPS) is 12.5. The number of benzene rings is 2. The van der Waals surface area contributed by atoms with Crippen LogP contribution in [0.5, 0.6) is 5.75 Å². The van der Waals surface area contributed by atoms with Gasteiger partial charge in [-0.1, -0.05) is 29.5 Å². The molecule has 29 heavy (non-hydrogen) atoms. The third-order valence-corrected chi connectivity index (χ3v) is 9.76. The number of hydrogen-bond acceptors (Lipinski definition) is 7. The highest BCUT2D eigenvalue weighted by molar-refractivity contribution is 14.1. The van der Waals surface area contributed by atoms with Crippen molar-refractivity contribution in [3.05, 3.63) is 72.6 Å². The minimum Gasteiger partial charge on any atom is -0.497 e. The first-order valence-electron chi connectivity index (χ1n) is 8.11. The molecule has 10 heteroatoms. The van der Waals surface area contributed by atoms with Gasteiger partial charge in [-0.2, -0.15) is 0 Å². The van der Waals surface area contributed by atoms with Gasteiger partial charge in [-0.15, -0.1) is 0 Å². The Morgan fingerprint density at radius 1 is 1.03 bits per heavy atom. The average Bonchev–Trinajstić information content (AvgIpc) is 2.65. The molecule has 0 N–H and O–H groups in total. The summed E-state index contributed by atoms with van der Waals surface area (Å²) in [6.07, 6.45) is 1.30. The predicted octanol–water partition coefficient (Wildman–Crippen LogP) is 3.69. The molecule has 0 atom stereocenters. The SMILES string of the molecule is COc1ccc(/C=C/S(=O)(=O)CS(=O)(=O)c2cc3ccc(I)cc3sc2=O)cc1. The number of methoxy groups -OCH3 is 1. The van der Waals surface area contributed by atoms with E-state index in [2.05, 4.69) is 22.6 Å². The van der Waals surface area contributed by atoms with Gasteiger partial charge in [0.05, 0.1) is 7.11 Å². The maximum Gasteiger partial charge on any atom is 0.251 e. The standard InChI is InChI=1S/C19H15IO6S3/c1-26-16-6-2-13(3-7-16)8-9-28(22,23)12-29(24,25)18-10-14-4-5-15(20)11-17(14)27-19(18)21/h2-11H,12H2,1H3/b9-8+. The van der Waals surface area contributed by atoms with Crippen LogP contribution in [0.15, 0.2) is 63.6 Å². The second kappa shape index (κ2) is 8.54. The second-order valence-corrected chi connectivity index (χ2v) is 12.5. The van der Waals surface area contributed by atoms with Crippen LogP contribution in [-0.4, -0.2) is 29.0 Å². The van der Waals surface area contributed by atoms with Crippen molar-refractivity contribution in [2.75, 3.05) is 12.2 Å². The Balaban J connectivity index is 1.90. The summed E-state index contributed by atoms with van der Waals surface area (Å²) in [5, 5.41) is 0.230. The third kappa shape index (κ3) is 5.44. The van der Waals surface area contributed by atoms with Crippen LogP contribution in [0.25, 0.3) is 16.2 Å². The molecule has 152 valence electrons. The molecule has 0 aliphatic heterocycles. The number of sulfone groups is 2. The Labute approximate surface area is 185 Å². The molecule has 0 radical (unpaired) electrons. The first-order valence-corrected chi connectivity index (χ1v) is 13.4. The molecule has 1 heterocycles. The van der Waals surface area contributed by atoms with Crippen molar-refractivity contribution in [1.82, 2.24) is 0 Å². The van der Waals surface area contributed by atoms with Crippen molar-refractivity contribution in [2.24, 2.45) is 0 Å². The van der Waals surface area contributed by atoms with Crippen LogP contribution in [0.2, 0.25) is 0 Å². The lowest BCUT2D eigenvalue weighted by Crippen LogP contribution is -2.20. The second-order valence-electron chi connectivity index (χ2n) is 6.05. The fourth-order valence-electron chi connectivity index (χ4n) is 2.50. The first kappa shape index (κ1) is 21.9. The minimum absolute atomic E-state index is 0.502. The van der Waals surface area contributed by atoms with Gasteiger partial charge >= 0.3 is 0 Å². The van der Waals surface area contributed by atoms with Crippen molar-refractivity contribution in [3.63, 3.8) is 0 Å². The van der Waals surface area contributed by atoms with Crippen LogP contribution < -0.4 is 9.48 Å². The van der Waals surface area contributed by atoms with Gasteiger partial charge in [0, 0.05) is 13.7 Å². The van der Waals surface area contributed by atoms with Crippen LogP contribution in [0, 0.1) is 3.57 Å². The number of fused-ring (bicyclic) bond motifs is 1. The Morgan fingerprint density at radius 2 is 1.72 bits per heavy atom. The van der Waals surface area contributed by atoms with Crippen LogP contribution in [0.4, 0.5) is 0 Å².